The van der Waals surface area contributed by atoms with Crippen molar-refractivity contribution >= 4 is 5.91 Å². The molecule has 0 aliphatic carbocycles. The minimum absolute atomic E-state index is 0.000655. The molecular weight excluding hydrogens is 342 g/mol. The van der Waals surface area contributed by atoms with Gasteiger partial charge in [-0.1, -0.05) is 12.1 Å². The van der Waals surface area contributed by atoms with Gasteiger partial charge in [-0.05, 0) is 17.7 Å². The summed E-state index contributed by atoms with van der Waals surface area (Å²) in [6.07, 6.45) is 4.33. The van der Waals surface area contributed by atoms with Gasteiger partial charge in [0.2, 0.25) is 5.91 Å². The lowest BCUT2D eigenvalue weighted by Gasteiger charge is -2.27. The van der Waals surface area contributed by atoms with Gasteiger partial charge in [-0.15, -0.1) is 0 Å². The highest BCUT2D eigenvalue weighted by Crippen LogP contribution is 2.37. The molecule has 1 N–H and O–H groups in total. The van der Waals surface area contributed by atoms with Gasteiger partial charge < -0.3 is 15.0 Å². The van der Waals surface area contributed by atoms with Crippen LogP contribution >= 0.6 is 0 Å². The van der Waals surface area contributed by atoms with Crippen LogP contribution in [0.25, 0.3) is 0 Å². The number of carbonyl (C=O) groups excluding carboxylic acids is 1. The third-order valence-corrected chi connectivity index (χ3v) is 4.93. The number of hydrogen-bond acceptors (Lipinski definition) is 5. The first-order valence-corrected chi connectivity index (χ1v) is 9.09. The van der Waals surface area contributed by atoms with Gasteiger partial charge in [0.15, 0.2) is 0 Å². The third kappa shape index (κ3) is 4.54. The molecule has 0 radical (unpaired) electrons. The van der Waals surface area contributed by atoms with Crippen LogP contribution < -0.4 is 5.32 Å². The van der Waals surface area contributed by atoms with Crippen LogP contribution in [0.2, 0.25) is 0 Å². The van der Waals surface area contributed by atoms with Crippen LogP contribution in [0.3, 0.4) is 0 Å². The fourth-order valence-corrected chi connectivity index (χ4v) is 3.70. The minimum atomic E-state index is -0.000655. The molecule has 1 aromatic heterocycles. The average Bonchev–Trinajstić information content (AvgIpc) is 3.23. The van der Waals surface area contributed by atoms with Crippen LogP contribution in [0.5, 0.6) is 0 Å². The van der Waals surface area contributed by atoms with E-state index in [-0.39, 0.29) is 17.9 Å². The Balaban J connectivity index is 1.68. The fraction of sp³-hybridized carbons (Fsp3) is 0.450. The fourth-order valence-electron chi connectivity index (χ4n) is 3.70. The molecule has 2 heterocycles. The lowest BCUT2D eigenvalue weighted by atomic mass is 9.95. The van der Waals surface area contributed by atoms with E-state index in [4.69, 9.17) is 10.00 Å². The summed E-state index contributed by atoms with van der Waals surface area (Å²) in [5.74, 6) is 0.317. The molecule has 3 rings (SSSR count). The number of likely N-dealkylation sites (tertiary alicyclic amines) is 1. The molecule has 2 atom stereocenters. The molecule has 0 bridgehead atoms. The largest absolute Gasteiger partial charge is 0.383 e. The van der Waals surface area contributed by atoms with E-state index in [0.717, 1.165) is 11.1 Å². The van der Waals surface area contributed by atoms with E-state index < -0.39 is 0 Å². The zero-order chi connectivity index (χ0) is 19.2. The molecule has 2 aromatic rings. The second-order valence-corrected chi connectivity index (χ2v) is 6.88. The first-order valence-electron chi connectivity index (χ1n) is 9.09. The maximum atomic E-state index is 12.6. The molecule has 1 aliphatic rings. The quantitative estimate of drug-likeness (QED) is 0.767. The number of benzene rings is 1. The molecule has 142 valence electrons. The Hall–Kier alpha value is -2.69. The molecule has 1 aliphatic heterocycles. The van der Waals surface area contributed by atoms with Crippen molar-refractivity contribution < 1.29 is 9.53 Å². The molecule has 1 fully saturated rings. The summed E-state index contributed by atoms with van der Waals surface area (Å²) in [5.41, 5.74) is 2.77. The highest BCUT2D eigenvalue weighted by atomic mass is 16.5. The van der Waals surface area contributed by atoms with E-state index in [9.17, 15) is 4.79 Å². The number of nitriles is 1. The number of hydrogen-bond donors (Lipinski definition) is 1. The lowest BCUT2D eigenvalue weighted by Crippen LogP contribution is -2.33. The Morgan fingerprint density at radius 2 is 2.30 bits per heavy atom. The van der Waals surface area contributed by atoms with Gasteiger partial charge in [-0.2, -0.15) is 10.4 Å². The van der Waals surface area contributed by atoms with Crippen molar-refractivity contribution in [3.63, 3.8) is 0 Å². The Morgan fingerprint density at radius 1 is 1.44 bits per heavy atom. The van der Waals surface area contributed by atoms with Crippen molar-refractivity contribution in [3.8, 4) is 6.07 Å². The predicted octanol–water partition coefficient (Wildman–Crippen LogP) is 1.62. The molecule has 7 heteroatoms. The maximum Gasteiger partial charge on any atom is 0.223 e. The van der Waals surface area contributed by atoms with Crippen LogP contribution in [0.1, 0.15) is 29.2 Å². The van der Waals surface area contributed by atoms with Crippen LogP contribution in [-0.4, -0.2) is 47.4 Å². The van der Waals surface area contributed by atoms with E-state index in [1.807, 2.05) is 42.5 Å². The highest BCUT2D eigenvalue weighted by molar-refractivity contribution is 5.79. The number of nitrogens with zero attached hydrogens (tertiary/aromatic N) is 4. The Kier molecular flexibility index (Phi) is 6.22. The van der Waals surface area contributed by atoms with E-state index in [2.05, 4.69) is 16.5 Å². The van der Waals surface area contributed by atoms with Gasteiger partial charge in [0.1, 0.15) is 0 Å². The van der Waals surface area contributed by atoms with Crippen LogP contribution in [0.15, 0.2) is 36.7 Å². The van der Waals surface area contributed by atoms with Crippen LogP contribution in [-0.2, 0) is 23.1 Å². The van der Waals surface area contributed by atoms with Crippen molar-refractivity contribution in [2.24, 2.45) is 13.0 Å². The SMILES string of the molecule is COCCN1C(=O)C[C@@H](CNCc2cccc(C#N)c2)[C@@H]1c1cnn(C)c1. The predicted molar refractivity (Wildman–Crippen MR) is 101 cm³/mol. The van der Waals surface area contributed by atoms with Crippen molar-refractivity contribution in [1.29, 1.82) is 5.26 Å². The Bertz CT molecular complexity index is 826. The van der Waals surface area contributed by atoms with Gasteiger partial charge in [-0.3, -0.25) is 9.48 Å². The summed E-state index contributed by atoms with van der Waals surface area (Å²) in [7, 11) is 3.53. The number of ether oxygens (including phenoxy) is 1. The van der Waals surface area contributed by atoms with Crippen LogP contribution in [0, 0.1) is 17.2 Å². The monoisotopic (exact) mass is 367 g/mol. The molecule has 7 nitrogen and oxygen atoms in total. The molecule has 1 aromatic carbocycles. The topological polar surface area (TPSA) is 83.2 Å². The third-order valence-electron chi connectivity index (χ3n) is 4.93. The number of nitrogens with one attached hydrogen (secondary N) is 1. The normalized spacial score (nSPS) is 19.4. The Morgan fingerprint density at radius 3 is 3.00 bits per heavy atom. The van der Waals surface area contributed by atoms with Gasteiger partial charge in [0.05, 0.1) is 30.5 Å². The van der Waals surface area contributed by atoms with E-state index in [0.29, 0.717) is 38.2 Å². The number of carbonyl (C=O) groups is 1. The highest BCUT2D eigenvalue weighted by Gasteiger charge is 2.40. The van der Waals surface area contributed by atoms with Crippen molar-refractivity contribution in [1.82, 2.24) is 20.0 Å². The Labute approximate surface area is 159 Å². The molecular formula is C20H25N5O2. The molecule has 0 unspecified atom stereocenters. The number of rotatable bonds is 8. The van der Waals surface area contributed by atoms with E-state index in [1.54, 1.807) is 17.9 Å². The summed E-state index contributed by atoms with van der Waals surface area (Å²) < 4.78 is 6.95. The summed E-state index contributed by atoms with van der Waals surface area (Å²) >= 11 is 0. The number of aryl methyl sites for hydroxylation is 1. The summed E-state index contributed by atoms with van der Waals surface area (Å²) in [5, 5.41) is 16.8. The maximum absolute atomic E-state index is 12.6. The standard InChI is InChI=1S/C20H25N5O2/c1-24-14-18(13-23-24)20-17(9-19(26)25(20)6-7-27-2)12-22-11-16-5-3-4-15(8-16)10-21/h3-5,8,13-14,17,20,22H,6-7,9,11-12H2,1-2H3/t17-,20+/m0/s1. The van der Waals surface area contributed by atoms with Gasteiger partial charge in [0.25, 0.3) is 0 Å². The van der Waals surface area contributed by atoms with E-state index in [1.165, 1.54) is 0 Å². The number of aromatic nitrogens is 2. The first-order chi connectivity index (χ1) is 13.1. The molecule has 1 saturated heterocycles. The second-order valence-electron chi connectivity index (χ2n) is 6.88. The smallest absolute Gasteiger partial charge is 0.223 e. The van der Waals surface area contributed by atoms with Gasteiger partial charge in [-0.25, -0.2) is 0 Å². The molecule has 0 spiro atoms. The molecule has 27 heavy (non-hydrogen) atoms. The number of amides is 1. The zero-order valence-corrected chi connectivity index (χ0v) is 15.8. The van der Waals surface area contributed by atoms with Gasteiger partial charge >= 0.3 is 0 Å². The lowest BCUT2D eigenvalue weighted by molar-refractivity contribution is -0.129. The van der Waals surface area contributed by atoms with Crippen molar-refractivity contribution in [3.05, 3.63) is 53.3 Å². The average molecular weight is 367 g/mol. The van der Waals surface area contributed by atoms with E-state index >= 15 is 0 Å². The van der Waals surface area contributed by atoms with Crippen molar-refractivity contribution in [2.75, 3.05) is 26.8 Å². The number of methoxy groups -OCH3 is 1. The zero-order valence-electron chi connectivity index (χ0n) is 15.8. The summed E-state index contributed by atoms with van der Waals surface area (Å²) in [6, 6.07) is 9.73. The summed E-state index contributed by atoms with van der Waals surface area (Å²) in [4.78, 5) is 14.5. The van der Waals surface area contributed by atoms with Crippen LogP contribution in [0.4, 0.5) is 0 Å². The van der Waals surface area contributed by atoms with Crippen molar-refractivity contribution in [2.45, 2.75) is 19.0 Å². The second kappa shape index (κ2) is 8.80. The summed E-state index contributed by atoms with van der Waals surface area (Å²) in [6.45, 7) is 2.48. The molecule has 1 amide bonds. The molecule has 0 saturated carbocycles. The first kappa shape index (κ1) is 19.1. The van der Waals surface area contributed by atoms with Gasteiger partial charge in [0, 0.05) is 57.9 Å². The minimum Gasteiger partial charge on any atom is -0.383 e.